The molecule has 1 aromatic rings. The lowest BCUT2D eigenvalue weighted by atomic mass is 10.4. The molecule has 0 saturated heterocycles. The number of fused-ring (bicyclic) bond motifs is 1. The summed E-state index contributed by atoms with van der Waals surface area (Å²) in [6.07, 6.45) is 3.71. The zero-order chi connectivity index (χ0) is 9.80. The molecule has 1 aliphatic carbocycles. The maximum atomic E-state index is 4.60. The first-order valence-corrected chi connectivity index (χ1v) is 5.79. The van der Waals surface area contributed by atoms with Crippen molar-refractivity contribution in [2.45, 2.75) is 32.7 Å². The van der Waals surface area contributed by atoms with Gasteiger partial charge in [0.2, 0.25) is 0 Å². The van der Waals surface area contributed by atoms with Gasteiger partial charge in [-0.05, 0) is 26.2 Å². The number of hydrogen-bond donors (Lipinski definition) is 1. The molecule has 2 rings (SSSR count). The molecule has 1 aliphatic rings. The molecule has 74 valence electrons. The number of rotatable bonds is 3. The van der Waals surface area contributed by atoms with Crippen LogP contribution in [0.1, 0.15) is 28.9 Å². The van der Waals surface area contributed by atoms with E-state index in [-0.39, 0.29) is 0 Å². The topological polar surface area (TPSA) is 24.9 Å². The SMILES string of the molecule is CC#CCNCc1nc2c(s1)CCC2. The molecule has 2 nitrogen and oxygen atoms in total. The van der Waals surface area contributed by atoms with Crippen LogP contribution in [-0.2, 0) is 19.4 Å². The number of thiazole rings is 1. The second-order valence-electron chi connectivity index (χ2n) is 3.36. The van der Waals surface area contributed by atoms with E-state index < -0.39 is 0 Å². The molecule has 0 amide bonds. The van der Waals surface area contributed by atoms with E-state index in [0.29, 0.717) is 0 Å². The van der Waals surface area contributed by atoms with Crippen molar-refractivity contribution >= 4 is 11.3 Å². The van der Waals surface area contributed by atoms with Crippen LogP contribution in [0.2, 0.25) is 0 Å². The van der Waals surface area contributed by atoms with Crippen LogP contribution in [0.3, 0.4) is 0 Å². The van der Waals surface area contributed by atoms with E-state index >= 15 is 0 Å². The van der Waals surface area contributed by atoms with Crippen molar-refractivity contribution in [3.05, 3.63) is 15.6 Å². The molecule has 0 unspecified atom stereocenters. The fourth-order valence-corrected chi connectivity index (χ4v) is 2.77. The Morgan fingerprint density at radius 3 is 3.21 bits per heavy atom. The summed E-state index contributed by atoms with van der Waals surface area (Å²) in [6.45, 7) is 3.49. The Bertz CT molecular complexity index is 349. The average molecular weight is 206 g/mol. The Kier molecular flexibility index (Phi) is 3.18. The third-order valence-corrected chi connectivity index (χ3v) is 3.46. The van der Waals surface area contributed by atoms with Gasteiger partial charge >= 0.3 is 0 Å². The second-order valence-corrected chi connectivity index (χ2v) is 4.53. The normalized spacial score (nSPS) is 13.5. The van der Waals surface area contributed by atoms with Crippen molar-refractivity contribution in [1.82, 2.24) is 10.3 Å². The maximum absolute atomic E-state index is 4.60. The van der Waals surface area contributed by atoms with Crippen molar-refractivity contribution in [3.63, 3.8) is 0 Å². The first-order chi connectivity index (χ1) is 6.90. The highest BCUT2D eigenvalue weighted by Gasteiger charge is 2.15. The number of nitrogens with zero attached hydrogens (tertiary/aromatic N) is 1. The molecule has 1 aromatic heterocycles. The van der Waals surface area contributed by atoms with Crippen molar-refractivity contribution in [2.24, 2.45) is 0 Å². The molecule has 0 aliphatic heterocycles. The minimum absolute atomic E-state index is 0.765. The predicted octanol–water partition coefficient (Wildman–Crippen LogP) is 1.74. The van der Waals surface area contributed by atoms with E-state index in [9.17, 15) is 0 Å². The van der Waals surface area contributed by atoms with Crippen LogP contribution < -0.4 is 5.32 Å². The molecule has 0 fully saturated rings. The lowest BCUT2D eigenvalue weighted by Crippen LogP contribution is -2.12. The lowest BCUT2D eigenvalue weighted by molar-refractivity contribution is 0.758. The maximum Gasteiger partial charge on any atom is 0.107 e. The minimum Gasteiger partial charge on any atom is -0.300 e. The Morgan fingerprint density at radius 1 is 1.50 bits per heavy atom. The van der Waals surface area contributed by atoms with Gasteiger partial charge in [0.1, 0.15) is 5.01 Å². The summed E-state index contributed by atoms with van der Waals surface area (Å²) in [4.78, 5) is 6.10. The molecule has 0 aromatic carbocycles. The highest BCUT2D eigenvalue weighted by atomic mass is 32.1. The summed E-state index contributed by atoms with van der Waals surface area (Å²) in [5.74, 6) is 5.85. The predicted molar refractivity (Wildman–Crippen MR) is 59.3 cm³/mol. The quantitative estimate of drug-likeness (QED) is 0.602. The van der Waals surface area contributed by atoms with Gasteiger partial charge in [-0.25, -0.2) is 4.98 Å². The van der Waals surface area contributed by atoms with Crippen LogP contribution >= 0.6 is 11.3 Å². The standard InChI is InChI=1S/C11H14N2S/c1-2-3-7-12-8-11-13-9-5-4-6-10(9)14-11/h12H,4-8H2,1H3. The highest BCUT2D eigenvalue weighted by molar-refractivity contribution is 7.11. The average Bonchev–Trinajstić information content (AvgIpc) is 2.72. The Balaban J connectivity index is 1.87. The molecule has 0 radical (unpaired) electrons. The molecule has 1 heterocycles. The largest absolute Gasteiger partial charge is 0.300 e. The van der Waals surface area contributed by atoms with E-state index in [1.54, 1.807) is 0 Å². The lowest BCUT2D eigenvalue weighted by Gasteiger charge is -1.95. The van der Waals surface area contributed by atoms with Gasteiger partial charge < -0.3 is 0 Å². The Morgan fingerprint density at radius 2 is 2.43 bits per heavy atom. The van der Waals surface area contributed by atoms with Crippen LogP contribution in [0, 0.1) is 11.8 Å². The highest BCUT2D eigenvalue weighted by Crippen LogP contribution is 2.27. The van der Waals surface area contributed by atoms with Gasteiger partial charge in [0, 0.05) is 11.4 Å². The van der Waals surface area contributed by atoms with Gasteiger partial charge in [0.05, 0.1) is 12.2 Å². The summed E-state index contributed by atoms with van der Waals surface area (Å²) in [5.41, 5.74) is 1.34. The van der Waals surface area contributed by atoms with Crippen molar-refractivity contribution in [2.75, 3.05) is 6.54 Å². The van der Waals surface area contributed by atoms with E-state index in [2.05, 4.69) is 22.1 Å². The Hall–Kier alpha value is -0.850. The number of aryl methyl sites for hydroxylation is 2. The number of hydrogen-bond acceptors (Lipinski definition) is 3. The first kappa shape index (κ1) is 9.70. The van der Waals surface area contributed by atoms with Gasteiger partial charge in [0.15, 0.2) is 0 Å². The molecule has 0 saturated carbocycles. The molecule has 1 N–H and O–H groups in total. The van der Waals surface area contributed by atoms with Gasteiger partial charge in [0.25, 0.3) is 0 Å². The zero-order valence-corrected chi connectivity index (χ0v) is 9.21. The van der Waals surface area contributed by atoms with E-state index in [1.165, 1.54) is 34.8 Å². The van der Waals surface area contributed by atoms with E-state index in [4.69, 9.17) is 0 Å². The summed E-state index contributed by atoms with van der Waals surface area (Å²) >= 11 is 1.86. The van der Waals surface area contributed by atoms with Crippen LogP contribution in [0.5, 0.6) is 0 Å². The van der Waals surface area contributed by atoms with Crippen LogP contribution in [0.4, 0.5) is 0 Å². The molecule has 3 heteroatoms. The van der Waals surface area contributed by atoms with Gasteiger partial charge in [-0.15, -0.1) is 17.3 Å². The first-order valence-electron chi connectivity index (χ1n) is 4.98. The molecule has 0 atom stereocenters. The fraction of sp³-hybridized carbons (Fsp3) is 0.545. The zero-order valence-electron chi connectivity index (χ0n) is 8.39. The van der Waals surface area contributed by atoms with Crippen molar-refractivity contribution in [1.29, 1.82) is 0 Å². The Labute approximate surface area is 88.8 Å². The van der Waals surface area contributed by atoms with E-state index in [1.807, 2.05) is 18.3 Å². The third kappa shape index (κ3) is 2.14. The van der Waals surface area contributed by atoms with Gasteiger partial charge in [-0.1, -0.05) is 5.92 Å². The van der Waals surface area contributed by atoms with E-state index in [0.717, 1.165) is 13.1 Å². The van der Waals surface area contributed by atoms with Gasteiger partial charge in [-0.3, -0.25) is 5.32 Å². The number of aromatic nitrogens is 1. The summed E-state index contributed by atoms with van der Waals surface area (Å²) in [7, 11) is 0. The summed E-state index contributed by atoms with van der Waals surface area (Å²) < 4.78 is 0. The van der Waals surface area contributed by atoms with Crippen LogP contribution in [-0.4, -0.2) is 11.5 Å². The molecular weight excluding hydrogens is 192 g/mol. The molecule has 0 spiro atoms. The third-order valence-electron chi connectivity index (χ3n) is 2.31. The van der Waals surface area contributed by atoms with Crippen LogP contribution in [0.25, 0.3) is 0 Å². The number of nitrogens with one attached hydrogen (secondary N) is 1. The van der Waals surface area contributed by atoms with Crippen molar-refractivity contribution < 1.29 is 0 Å². The second kappa shape index (κ2) is 4.59. The molecule has 14 heavy (non-hydrogen) atoms. The van der Waals surface area contributed by atoms with Crippen molar-refractivity contribution in [3.8, 4) is 11.8 Å². The molecular formula is C11H14N2S. The summed E-state index contributed by atoms with van der Waals surface area (Å²) in [5, 5.41) is 4.48. The minimum atomic E-state index is 0.765. The summed E-state index contributed by atoms with van der Waals surface area (Å²) in [6, 6.07) is 0. The van der Waals surface area contributed by atoms with Crippen LogP contribution in [0.15, 0.2) is 0 Å². The smallest absolute Gasteiger partial charge is 0.107 e. The van der Waals surface area contributed by atoms with Gasteiger partial charge in [-0.2, -0.15) is 0 Å². The fourth-order valence-electron chi connectivity index (χ4n) is 1.64. The molecule has 0 bridgehead atoms. The monoisotopic (exact) mass is 206 g/mol.